The minimum absolute atomic E-state index is 0.181. The molecule has 0 fully saturated rings. The number of ether oxygens (including phenoxy) is 1. The molecule has 0 saturated carbocycles. The maximum atomic E-state index is 14.4. The Morgan fingerprint density at radius 1 is 1.23 bits per heavy atom. The van der Waals surface area contributed by atoms with E-state index in [0.717, 1.165) is 11.6 Å². The molecule has 6 heteroatoms. The van der Waals surface area contributed by atoms with E-state index in [2.05, 4.69) is 4.98 Å². The second-order valence-corrected chi connectivity index (χ2v) is 6.79. The number of halogens is 2. The zero-order valence-corrected chi connectivity index (χ0v) is 14.4. The van der Waals surface area contributed by atoms with Gasteiger partial charge in [-0.1, -0.05) is 12.1 Å². The van der Waals surface area contributed by atoms with E-state index in [4.69, 9.17) is 4.74 Å². The molecule has 0 bridgehead atoms. The van der Waals surface area contributed by atoms with Crippen LogP contribution in [0.15, 0.2) is 65.1 Å². The lowest BCUT2D eigenvalue weighted by atomic mass is 9.86. The monoisotopic (exact) mass is 371 g/mol. The van der Waals surface area contributed by atoms with Gasteiger partial charge in [0.2, 0.25) is 0 Å². The predicted molar refractivity (Wildman–Crippen MR) is 95.5 cm³/mol. The first kappa shape index (κ1) is 16.9. The smallest absolute Gasteiger partial charge is 0.130 e. The third kappa shape index (κ3) is 3.02. The fraction of sp³-hybridized carbons (Fsp3) is 0.150. The van der Waals surface area contributed by atoms with E-state index < -0.39 is 23.7 Å². The number of aliphatic hydroxyl groups is 1. The molecule has 1 aromatic carbocycles. The molecule has 0 aliphatic carbocycles. The molecule has 2 aromatic heterocycles. The topological polar surface area (TPSA) is 42.4 Å². The third-order valence-electron chi connectivity index (χ3n) is 4.45. The lowest BCUT2D eigenvalue weighted by Gasteiger charge is -2.19. The normalized spacial score (nSPS) is 18.0. The molecule has 2 unspecified atom stereocenters. The summed E-state index contributed by atoms with van der Waals surface area (Å²) in [6.45, 7) is 0.181. The van der Waals surface area contributed by atoms with Gasteiger partial charge in [0.25, 0.3) is 0 Å². The fourth-order valence-corrected chi connectivity index (χ4v) is 3.85. The summed E-state index contributed by atoms with van der Waals surface area (Å²) < 4.78 is 33.6. The number of aromatic nitrogens is 1. The predicted octanol–water partition coefficient (Wildman–Crippen LogP) is 4.68. The fourth-order valence-electron chi connectivity index (χ4n) is 3.22. The van der Waals surface area contributed by atoms with Crippen molar-refractivity contribution in [3.63, 3.8) is 0 Å². The van der Waals surface area contributed by atoms with Gasteiger partial charge in [0.1, 0.15) is 23.5 Å². The van der Waals surface area contributed by atoms with Crippen molar-refractivity contribution in [2.45, 2.75) is 12.0 Å². The number of aliphatic hydroxyl groups excluding tert-OH is 1. The SMILES string of the molecule is OC(C1=C(c2ccsc2)OCC1c1ccc(F)cc1F)c1cccnc1. The lowest BCUT2D eigenvalue weighted by Crippen LogP contribution is -2.12. The maximum absolute atomic E-state index is 14.4. The van der Waals surface area contributed by atoms with Gasteiger partial charge in [0, 0.05) is 46.5 Å². The summed E-state index contributed by atoms with van der Waals surface area (Å²) in [7, 11) is 0. The first-order chi connectivity index (χ1) is 12.6. The van der Waals surface area contributed by atoms with E-state index in [1.807, 2.05) is 16.8 Å². The van der Waals surface area contributed by atoms with Gasteiger partial charge in [0.05, 0.1) is 6.61 Å². The average Bonchev–Trinajstić information content (AvgIpc) is 3.31. The van der Waals surface area contributed by atoms with Crippen LogP contribution >= 0.6 is 11.3 Å². The Bertz CT molecular complexity index is 942. The van der Waals surface area contributed by atoms with Gasteiger partial charge in [0.15, 0.2) is 0 Å². The highest BCUT2D eigenvalue weighted by Gasteiger charge is 2.36. The van der Waals surface area contributed by atoms with Crippen LogP contribution in [0.25, 0.3) is 5.76 Å². The Morgan fingerprint density at radius 3 is 2.81 bits per heavy atom. The van der Waals surface area contributed by atoms with E-state index in [1.54, 1.807) is 24.5 Å². The van der Waals surface area contributed by atoms with Crippen LogP contribution in [0.1, 0.15) is 28.7 Å². The quantitative estimate of drug-likeness (QED) is 0.724. The van der Waals surface area contributed by atoms with Gasteiger partial charge in [-0.15, -0.1) is 0 Å². The minimum Gasteiger partial charge on any atom is -0.492 e. The molecule has 3 nitrogen and oxygen atoms in total. The number of pyridine rings is 1. The van der Waals surface area contributed by atoms with E-state index in [1.165, 1.54) is 23.5 Å². The van der Waals surface area contributed by atoms with Crippen molar-refractivity contribution >= 4 is 17.1 Å². The van der Waals surface area contributed by atoms with Crippen LogP contribution in [-0.4, -0.2) is 16.7 Å². The summed E-state index contributed by atoms with van der Waals surface area (Å²) in [4.78, 5) is 4.05. The molecule has 1 aliphatic heterocycles. The largest absolute Gasteiger partial charge is 0.492 e. The Balaban J connectivity index is 1.84. The van der Waals surface area contributed by atoms with Gasteiger partial charge in [-0.05, 0) is 29.1 Å². The molecular formula is C20H15F2NO2S. The summed E-state index contributed by atoms with van der Waals surface area (Å²) >= 11 is 1.51. The van der Waals surface area contributed by atoms with Crippen molar-refractivity contribution < 1.29 is 18.6 Å². The number of thiophene rings is 1. The minimum atomic E-state index is -1.00. The van der Waals surface area contributed by atoms with Gasteiger partial charge in [-0.2, -0.15) is 11.3 Å². The lowest BCUT2D eigenvalue weighted by molar-refractivity contribution is 0.209. The summed E-state index contributed by atoms with van der Waals surface area (Å²) in [5.74, 6) is -1.26. The molecule has 4 rings (SSSR count). The molecule has 1 aliphatic rings. The van der Waals surface area contributed by atoms with Crippen LogP contribution < -0.4 is 0 Å². The molecule has 0 saturated heterocycles. The highest BCUT2D eigenvalue weighted by Crippen LogP contribution is 2.45. The molecule has 3 aromatic rings. The average molecular weight is 371 g/mol. The van der Waals surface area contributed by atoms with Crippen molar-refractivity contribution in [1.29, 1.82) is 0 Å². The summed E-state index contributed by atoms with van der Waals surface area (Å²) in [5, 5.41) is 14.8. The Morgan fingerprint density at radius 2 is 2.12 bits per heavy atom. The second-order valence-electron chi connectivity index (χ2n) is 6.01. The van der Waals surface area contributed by atoms with Crippen LogP contribution in [0.4, 0.5) is 8.78 Å². The van der Waals surface area contributed by atoms with E-state index in [-0.39, 0.29) is 6.61 Å². The number of rotatable bonds is 4. The Labute approximate surface area is 153 Å². The first-order valence-electron chi connectivity index (χ1n) is 8.07. The van der Waals surface area contributed by atoms with Crippen LogP contribution in [0.5, 0.6) is 0 Å². The molecule has 2 atom stereocenters. The highest BCUT2D eigenvalue weighted by molar-refractivity contribution is 7.08. The number of hydrogen-bond acceptors (Lipinski definition) is 4. The standard InChI is InChI=1S/C20H15F2NO2S/c21-14-3-4-15(17(22)8-14)16-10-25-20(13-5-7-26-11-13)18(16)19(24)12-2-1-6-23-9-12/h1-9,11,16,19,24H,10H2. The number of nitrogens with zero attached hydrogens (tertiary/aromatic N) is 1. The first-order valence-corrected chi connectivity index (χ1v) is 9.02. The van der Waals surface area contributed by atoms with Crippen molar-refractivity contribution in [3.05, 3.63) is 93.4 Å². The maximum Gasteiger partial charge on any atom is 0.130 e. The molecule has 0 amide bonds. The van der Waals surface area contributed by atoms with Gasteiger partial charge in [-0.3, -0.25) is 4.98 Å². The van der Waals surface area contributed by atoms with Crippen molar-refractivity contribution in [3.8, 4) is 0 Å². The van der Waals surface area contributed by atoms with Gasteiger partial charge >= 0.3 is 0 Å². The van der Waals surface area contributed by atoms with Crippen molar-refractivity contribution in [2.24, 2.45) is 0 Å². The molecule has 0 spiro atoms. The summed E-state index contributed by atoms with van der Waals surface area (Å²) in [5.41, 5.74) is 2.28. The van der Waals surface area contributed by atoms with Crippen LogP contribution in [0.2, 0.25) is 0 Å². The number of hydrogen-bond donors (Lipinski definition) is 1. The molecule has 1 N–H and O–H groups in total. The number of benzene rings is 1. The van der Waals surface area contributed by atoms with Crippen LogP contribution in [0.3, 0.4) is 0 Å². The van der Waals surface area contributed by atoms with Crippen LogP contribution in [0, 0.1) is 11.6 Å². The van der Waals surface area contributed by atoms with E-state index >= 15 is 0 Å². The molecule has 0 radical (unpaired) electrons. The Hall–Kier alpha value is -2.57. The second kappa shape index (κ2) is 6.97. The third-order valence-corrected chi connectivity index (χ3v) is 5.13. The van der Waals surface area contributed by atoms with E-state index in [0.29, 0.717) is 22.5 Å². The molecule has 132 valence electrons. The molecule has 3 heterocycles. The molecular weight excluding hydrogens is 356 g/mol. The van der Waals surface area contributed by atoms with Gasteiger partial charge < -0.3 is 9.84 Å². The Kier molecular flexibility index (Phi) is 4.53. The van der Waals surface area contributed by atoms with Crippen LogP contribution in [-0.2, 0) is 4.74 Å². The summed E-state index contributed by atoms with van der Waals surface area (Å²) in [6.07, 6.45) is 2.18. The van der Waals surface area contributed by atoms with E-state index in [9.17, 15) is 13.9 Å². The van der Waals surface area contributed by atoms with Gasteiger partial charge in [-0.25, -0.2) is 8.78 Å². The summed E-state index contributed by atoms with van der Waals surface area (Å²) in [6, 6.07) is 8.85. The van der Waals surface area contributed by atoms with Crippen molar-refractivity contribution in [2.75, 3.05) is 6.61 Å². The molecule has 26 heavy (non-hydrogen) atoms. The zero-order valence-electron chi connectivity index (χ0n) is 13.6. The highest BCUT2D eigenvalue weighted by atomic mass is 32.1. The van der Waals surface area contributed by atoms with Crippen molar-refractivity contribution in [1.82, 2.24) is 4.98 Å². The zero-order chi connectivity index (χ0) is 18.1.